The number of nitrogens with one attached hydrogen (secondary N) is 4. The van der Waals surface area contributed by atoms with Crippen LogP contribution in [0.3, 0.4) is 0 Å². The molecule has 2 heterocycles. The fraction of sp³-hybridized carbons (Fsp3) is 0.444. The molecule has 0 fully saturated rings. The third-order valence-electron chi connectivity index (χ3n) is 3.62. The summed E-state index contributed by atoms with van der Waals surface area (Å²) in [5, 5.41) is 17.7. The first-order valence-corrected chi connectivity index (χ1v) is 8.68. The summed E-state index contributed by atoms with van der Waals surface area (Å²) in [4.78, 5) is 13.4. The van der Waals surface area contributed by atoms with Gasteiger partial charge in [-0.05, 0) is 31.5 Å². The van der Waals surface area contributed by atoms with E-state index in [0.29, 0.717) is 61.0 Å². The monoisotopic (exact) mass is 373 g/mol. The molecule has 0 saturated carbocycles. The number of rotatable bonds is 11. The second-order valence-electron chi connectivity index (χ2n) is 5.93. The molecular formula is C18H27N7O2. The third kappa shape index (κ3) is 6.15. The van der Waals surface area contributed by atoms with Crippen molar-refractivity contribution in [2.24, 2.45) is 0 Å². The number of pyridine rings is 1. The van der Waals surface area contributed by atoms with Crippen LogP contribution in [0.5, 0.6) is 0 Å². The number of nitrogens with zero attached hydrogens (tertiary/aromatic N) is 3. The molecule has 2 aromatic rings. The smallest absolute Gasteiger partial charge is 0.225 e. The van der Waals surface area contributed by atoms with Crippen molar-refractivity contribution in [3.8, 4) is 0 Å². The van der Waals surface area contributed by atoms with E-state index in [9.17, 15) is 0 Å². The van der Waals surface area contributed by atoms with E-state index in [-0.39, 0.29) is 0 Å². The molecule has 0 aromatic carbocycles. The average molecular weight is 373 g/mol. The highest BCUT2D eigenvalue weighted by Gasteiger charge is 2.16. The van der Waals surface area contributed by atoms with Crippen molar-refractivity contribution in [3.63, 3.8) is 0 Å². The van der Waals surface area contributed by atoms with Gasteiger partial charge < -0.3 is 30.8 Å². The normalized spacial score (nSPS) is 10.5. The number of hydrogen-bond donors (Lipinski definition) is 4. The van der Waals surface area contributed by atoms with E-state index in [4.69, 9.17) is 14.9 Å². The van der Waals surface area contributed by atoms with Gasteiger partial charge in [0.05, 0.1) is 18.9 Å². The van der Waals surface area contributed by atoms with Crippen LogP contribution in [0.15, 0.2) is 18.3 Å². The molecule has 0 saturated heterocycles. The predicted molar refractivity (Wildman–Crippen MR) is 108 cm³/mol. The quantitative estimate of drug-likeness (QED) is 0.350. The van der Waals surface area contributed by atoms with Crippen molar-refractivity contribution in [1.29, 1.82) is 5.41 Å². The Morgan fingerprint density at radius 3 is 2.44 bits per heavy atom. The number of aromatic nitrogens is 3. The fourth-order valence-corrected chi connectivity index (χ4v) is 2.34. The molecule has 146 valence electrons. The van der Waals surface area contributed by atoms with E-state index in [1.54, 1.807) is 27.3 Å². The van der Waals surface area contributed by atoms with Gasteiger partial charge in [0.2, 0.25) is 5.95 Å². The van der Waals surface area contributed by atoms with Crippen molar-refractivity contribution in [3.05, 3.63) is 29.6 Å². The largest absolute Gasteiger partial charge is 0.383 e. The molecule has 0 aliphatic heterocycles. The van der Waals surface area contributed by atoms with Crippen LogP contribution in [0.25, 0.3) is 0 Å². The van der Waals surface area contributed by atoms with Crippen LogP contribution in [-0.2, 0) is 9.47 Å². The second kappa shape index (κ2) is 10.4. The third-order valence-corrected chi connectivity index (χ3v) is 3.62. The van der Waals surface area contributed by atoms with E-state index in [0.717, 1.165) is 5.56 Å². The Kier molecular flexibility index (Phi) is 7.90. The SMILES string of the molecule is COCCNc1nc(Nc2cc(C)ccn2)c(NCCOC)c(C(C)=N)n1. The summed E-state index contributed by atoms with van der Waals surface area (Å²) in [6.07, 6.45) is 1.73. The Balaban J connectivity index is 2.41. The molecule has 0 unspecified atom stereocenters. The molecule has 0 amide bonds. The lowest BCUT2D eigenvalue weighted by molar-refractivity contribution is 0.210. The van der Waals surface area contributed by atoms with Gasteiger partial charge in [0.25, 0.3) is 0 Å². The number of ether oxygens (including phenoxy) is 2. The number of hydrogen-bond acceptors (Lipinski definition) is 9. The standard InChI is InChI=1S/C18H27N7O2/c1-12-5-6-20-14(11-12)23-17-16(21-7-9-26-3)15(13(2)19)24-18(25-17)22-8-10-27-4/h5-6,11,19,21H,7-10H2,1-4H3,(H2,20,22,23,24,25). The molecule has 4 N–H and O–H groups in total. The zero-order valence-corrected chi connectivity index (χ0v) is 16.2. The number of anilines is 4. The first kappa shape index (κ1) is 20.5. The van der Waals surface area contributed by atoms with Crippen molar-refractivity contribution in [2.45, 2.75) is 13.8 Å². The van der Waals surface area contributed by atoms with Gasteiger partial charge in [0.15, 0.2) is 5.82 Å². The van der Waals surface area contributed by atoms with Crippen LogP contribution in [0.2, 0.25) is 0 Å². The minimum Gasteiger partial charge on any atom is -0.383 e. The highest BCUT2D eigenvalue weighted by molar-refractivity contribution is 6.02. The van der Waals surface area contributed by atoms with Crippen LogP contribution in [0, 0.1) is 12.3 Å². The minimum atomic E-state index is 0.326. The van der Waals surface area contributed by atoms with Crippen LogP contribution in [-0.4, -0.2) is 61.2 Å². The van der Waals surface area contributed by atoms with Gasteiger partial charge in [0.1, 0.15) is 17.2 Å². The Hall–Kier alpha value is -2.78. The highest BCUT2D eigenvalue weighted by atomic mass is 16.5. The minimum absolute atomic E-state index is 0.326. The van der Waals surface area contributed by atoms with Crippen molar-refractivity contribution in [2.75, 3.05) is 56.5 Å². The van der Waals surface area contributed by atoms with E-state index in [2.05, 4.69) is 30.9 Å². The lowest BCUT2D eigenvalue weighted by Gasteiger charge is -2.17. The lowest BCUT2D eigenvalue weighted by Crippen LogP contribution is -2.18. The van der Waals surface area contributed by atoms with Gasteiger partial charge in [-0.2, -0.15) is 4.98 Å². The zero-order chi connectivity index (χ0) is 19.6. The van der Waals surface area contributed by atoms with E-state index in [1.165, 1.54) is 0 Å². The topological polar surface area (TPSA) is 117 Å². The molecule has 0 radical (unpaired) electrons. The van der Waals surface area contributed by atoms with Gasteiger partial charge in [-0.15, -0.1) is 0 Å². The first-order chi connectivity index (χ1) is 13.0. The summed E-state index contributed by atoms with van der Waals surface area (Å²) in [5.41, 5.74) is 2.56. The molecule has 9 nitrogen and oxygen atoms in total. The molecule has 27 heavy (non-hydrogen) atoms. The number of methoxy groups -OCH3 is 2. The van der Waals surface area contributed by atoms with Crippen molar-refractivity contribution in [1.82, 2.24) is 15.0 Å². The fourth-order valence-electron chi connectivity index (χ4n) is 2.34. The predicted octanol–water partition coefficient (Wildman–Crippen LogP) is 2.43. The Morgan fingerprint density at radius 2 is 1.81 bits per heavy atom. The highest BCUT2D eigenvalue weighted by Crippen LogP contribution is 2.28. The summed E-state index contributed by atoms with van der Waals surface area (Å²) < 4.78 is 10.2. The maximum absolute atomic E-state index is 8.12. The summed E-state index contributed by atoms with van der Waals surface area (Å²) in [5.74, 6) is 1.63. The van der Waals surface area contributed by atoms with E-state index < -0.39 is 0 Å². The zero-order valence-electron chi connectivity index (χ0n) is 16.2. The van der Waals surface area contributed by atoms with Crippen LogP contribution in [0.4, 0.5) is 23.3 Å². The molecule has 0 spiro atoms. The molecule has 2 aromatic heterocycles. The molecular weight excluding hydrogens is 346 g/mol. The number of aryl methyl sites for hydroxylation is 1. The maximum atomic E-state index is 8.12. The van der Waals surface area contributed by atoms with Crippen molar-refractivity contribution >= 4 is 29.0 Å². The first-order valence-electron chi connectivity index (χ1n) is 8.68. The van der Waals surface area contributed by atoms with Gasteiger partial charge in [-0.25, -0.2) is 9.97 Å². The Labute approximate surface area is 159 Å². The summed E-state index contributed by atoms with van der Waals surface area (Å²) in [6, 6.07) is 3.85. The van der Waals surface area contributed by atoms with Gasteiger partial charge in [-0.3, -0.25) is 0 Å². The van der Waals surface area contributed by atoms with Crippen molar-refractivity contribution < 1.29 is 9.47 Å². The van der Waals surface area contributed by atoms with Crippen LogP contribution in [0.1, 0.15) is 18.2 Å². The molecule has 0 atom stereocenters. The summed E-state index contributed by atoms with van der Waals surface area (Å²) in [6.45, 7) is 5.86. The lowest BCUT2D eigenvalue weighted by atomic mass is 10.2. The van der Waals surface area contributed by atoms with Crippen LogP contribution < -0.4 is 16.0 Å². The van der Waals surface area contributed by atoms with Gasteiger partial charge >= 0.3 is 0 Å². The molecule has 0 bridgehead atoms. The Bertz CT molecular complexity index is 767. The summed E-state index contributed by atoms with van der Waals surface area (Å²) >= 11 is 0. The van der Waals surface area contributed by atoms with Gasteiger partial charge in [0, 0.05) is 33.5 Å². The maximum Gasteiger partial charge on any atom is 0.225 e. The van der Waals surface area contributed by atoms with Crippen LogP contribution >= 0.6 is 0 Å². The molecule has 0 aliphatic rings. The second-order valence-corrected chi connectivity index (χ2v) is 5.93. The Morgan fingerprint density at radius 1 is 1.11 bits per heavy atom. The summed E-state index contributed by atoms with van der Waals surface area (Å²) in [7, 11) is 3.27. The van der Waals surface area contributed by atoms with E-state index >= 15 is 0 Å². The molecule has 9 heteroatoms. The van der Waals surface area contributed by atoms with Gasteiger partial charge in [-0.1, -0.05) is 0 Å². The molecule has 0 aliphatic carbocycles. The van der Waals surface area contributed by atoms with E-state index in [1.807, 2.05) is 19.1 Å². The molecule has 2 rings (SSSR count). The average Bonchev–Trinajstić information content (AvgIpc) is 2.63.